The van der Waals surface area contributed by atoms with Crippen LogP contribution in [0, 0.1) is 28.1 Å². The van der Waals surface area contributed by atoms with Gasteiger partial charge in [0.1, 0.15) is 0 Å². The maximum absolute atomic E-state index is 10.6. The molecular formula is C23H38O3. The molecule has 4 aliphatic rings. The maximum atomic E-state index is 10.6. The second kappa shape index (κ2) is 5.81. The van der Waals surface area contributed by atoms with E-state index in [9.17, 15) is 5.11 Å². The van der Waals surface area contributed by atoms with Crippen LogP contribution in [0.25, 0.3) is 0 Å². The second-order valence-corrected chi connectivity index (χ2v) is 11.1. The van der Waals surface area contributed by atoms with Gasteiger partial charge in [-0.3, -0.25) is 0 Å². The van der Waals surface area contributed by atoms with Gasteiger partial charge in [0.2, 0.25) is 0 Å². The van der Waals surface area contributed by atoms with Crippen LogP contribution in [0.15, 0.2) is 11.6 Å². The van der Waals surface area contributed by atoms with Crippen LogP contribution in [0.5, 0.6) is 0 Å². The van der Waals surface area contributed by atoms with Gasteiger partial charge in [-0.2, -0.15) is 0 Å². The molecule has 3 aliphatic carbocycles. The highest BCUT2D eigenvalue weighted by Crippen LogP contribution is 2.64. The molecule has 0 aromatic heterocycles. The van der Waals surface area contributed by atoms with Crippen molar-refractivity contribution in [2.45, 2.75) is 98.1 Å². The van der Waals surface area contributed by atoms with Crippen molar-refractivity contribution in [1.82, 2.24) is 0 Å². The van der Waals surface area contributed by atoms with Crippen molar-refractivity contribution in [2.75, 3.05) is 6.61 Å². The summed E-state index contributed by atoms with van der Waals surface area (Å²) in [5.41, 5.74) is 2.12. The molecule has 2 saturated carbocycles. The lowest BCUT2D eigenvalue weighted by atomic mass is 9.45. The summed E-state index contributed by atoms with van der Waals surface area (Å²) in [7, 11) is 0. The Balaban J connectivity index is 1.61. The van der Waals surface area contributed by atoms with E-state index in [0.29, 0.717) is 23.9 Å². The predicted octanol–water partition coefficient (Wildman–Crippen LogP) is 5.08. The first kappa shape index (κ1) is 19.0. The van der Waals surface area contributed by atoms with Crippen molar-refractivity contribution in [3.63, 3.8) is 0 Å². The van der Waals surface area contributed by atoms with Gasteiger partial charge in [0.05, 0.1) is 18.8 Å². The topological polar surface area (TPSA) is 38.7 Å². The van der Waals surface area contributed by atoms with Gasteiger partial charge in [0, 0.05) is 5.41 Å². The lowest BCUT2D eigenvalue weighted by Gasteiger charge is -2.61. The highest BCUT2D eigenvalue weighted by Gasteiger charge is 2.57. The molecule has 26 heavy (non-hydrogen) atoms. The number of ether oxygens (including phenoxy) is 2. The van der Waals surface area contributed by atoms with E-state index in [4.69, 9.17) is 9.47 Å². The zero-order chi connectivity index (χ0) is 19.0. The van der Waals surface area contributed by atoms with Crippen molar-refractivity contribution in [1.29, 1.82) is 0 Å². The van der Waals surface area contributed by atoms with Crippen molar-refractivity contribution in [2.24, 2.45) is 28.1 Å². The van der Waals surface area contributed by atoms with Crippen molar-refractivity contribution in [3.05, 3.63) is 11.6 Å². The third-order valence-corrected chi connectivity index (χ3v) is 8.71. The molecule has 0 bridgehead atoms. The number of hydrogen-bond donors (Lipinski definition) is 1. The van der Waals surface area contributed by atoms with E-state index < -0.39 is 5.79 Å². The van der Waals surface area contributed by atoms with Gasteiger partial charge in [-0.15, -0.1) is 0 Å². The quantitative estimate of drug-likeness (QED) is 0.661. The molecule has 148 valence electrons. The molecule has 0 spiro atoms. The summed E-state index contributed by atoms with van der Waals surface area (Å²) < 4.78 is 12.1. The minimum atomic E-state index is -0.448. The molecule has 0 amide bonds. The fourth-order valence-electron chi connectivity index (χ4n) is 7.01. The lowest BCUT2D eigenvalue weighted by molar-refractivity contribution is -0.153. The highest BCUT2D eigenvalue weighted by molar-refractivity contribution is 5.25. The average molecular weight is 363 g/mol. The fourth-order valence-corrected chi connectivity index (χ4v) is 7.01. The second-order valence-electron chi connectivity index (χ2n) is 11.1. The summed E-state index contributed by atoms with van der Waals surface area (Å²) in [6.07, 6.45) is 9.55. The Hall–Kier alpha value is -0.380. The molecule has 1 N–H and O–H groups in total. The Morgan fingerprint density at radius 3 is 2.38 bits per heavy atom. The van der Waals surface area contributed by atoms with Crippen LogP contribution < -0.4 is 0 Å². The summed E-state index contributed by atoms with van der Waals surface area (Å²) >= 11 is 0. The molecule has 1 aliphatic heterocycles. The molecule has 0 aromatic rings. The smallest absolute Gasteiger partial charge is 0.163 e. The third kappa shape index (κ3) is 2.72. The van der Waals surface area contributed by atoms with Crippen molar-refractivity contribution >= 4 is 0 Å². The molecule has 3 heteroatoms. The Kier molecular flexibility index (Phi) is 4.24. The molecule has 0 aromatic carbocycles. The SMILES string of the molecule is CC1(C)OC[C@@H]([C@]2(C)C=C3CC[C@H]4C(C)(C)[C@H](O)CC[C@@]4(C)[C@H]3CC2)O1. The van der Waals surface area contributed by atoms with E-state index >= 15 is 0 Å². The minimum Gasteiger partial charge on any atom is -0.393 e. The minimum absolute atomic E-state index is 0.0334. The first-order valence-electron chi connectivity index (χ1n) is 10.7. The molecule has 0 radical (unpaired) electrons. The number of fused-ring (bicyclic) bond motifs is 3. The van der Waals surface area contributed by atoms with Gasteiger partial charge in [0.15, 0.2) is 5.79 Å². The average Bonchev–Trinajstić information content (AvgIpc) is 2.92. The Morgan fingerprint density at radius 2 is 1.73 bits per heavy atom. The lowest BCUT2D eigenvalue weighted by Crippen LogP contribution is -2.55. The van der Waals surface area contributed by atoms with Crippen LogP contribution in [0.4, 0.5) is 0 Å². The molecule has 4 rings (SSSR count). The summed E-state index contributed by atoms with van der Waals surface area (Å²) in [6, 6.07) is 0. The van der Waals surface area contributed by atoms with E-state index in [0.717, 1.165) is 12.8 Å². The molecular weight excluding hydrogens is 324 g/mol. The van der Waals surface area contributed by atoms with Gasteiger partial charge in [0.25, 0.3) is 0 Å². The first-order valence-corrected chi connectivity index (χ1v) is 10.7. The number of aliphatic hydroxyl groups excluding tert-OH is 1. The molecule has 3 nitrogen and oxygen atoms in total. The molecule has 3 fully saturated rings. The summed E-state index contributed by atoms with van der Waals surface area (Å²) in [6.45, 7) is 14.2. The molecule has 1 heterocycles. The number of allylic oxidation sites excluding steroid dienone is 1. The van der Waals surface area contributed by atoms with Crippen LogP contribution in [0.3, 0.4) is 0 Å². The predicted molar refractivity (Wildman–Crippen MR) is 104 cm³/mol. The van der Waals surface area contributed by atoms with Crippen LogP contribution in [-0.2, 0) is 9.47 Å². The molecule has 6 atom stereocenters. The number of hydrogen-bond acceptors (Lipinski definition) is 3. The highest BCUT2D eigenvalue weighted by atomic mass is 16.7. The van der Waals surface area contributed by atoms with Crippen LogP contribution in [-0.4, -0.2) is 29.7 Å². The molecule has 1 saturated heterocycles. The monoisotopic (exact) mass is 362 g/mol. The Bertz CT molecular complexity index is 607. The molecule has 0 unspecified atom stereocenters. The van der Waals surface area contributed by atoms with Crippen molar-refractivity contribution < 1.29 is 14.6 Å². The zero-order valence-electron chi connectivity index (χ0n) is 17.6. The van der Waals surface area contributed by atoms with Gasteiger partial charge >= 0.3 is 0 Å². The summed E-state index contributed by atoms with van der Waals surface area (Å²) in [4.78, 5) is 0. The Morgan fingerprint density at radius 1 is 1.00 bits per heavy atom. The van der Waals surface area contributed by atoms with Crippen LogP contribution in [0.2, 0.25) is 0 Å². The standard InChI is InChI=1S/C23H38O3/c1-20(2)17-8-7-15-13-22(5,19-14-25-21(3,4)26-19)11-9-16(15)23(17,6)12-10-18(20)24/h13,16-19,24H,7-12,14H2,1-6H3/t16-,17-,18+,19-,22-,23-/m0/s1. The normalized spacial score (nSPS) is 49.9. The van der Waals surface area contributed by atoms with Gasteiger partial charge in [-0.25, -0.2) is 0 Å². The first-order chi connectivity index (χ1) is 12.0. The van der Waals surface area contributed by atoms with Gasteiger partial charge in [-0.1, -0.05) is 39.3 Å². The zero-order valence-corrected chi connectivity index (χ0v) is 17.6. The van der Waals surface area contributed by atoms with Crippen molar-refractivity contribution in [3.8, 4) is 0 Å². The van der Waals surface area contributed by atoms with Crippen LogP contribution in [0.1, 0.15) is 80.1 Å². The summed E-state index contributed by atoms with van der Waals surface area (Å²) in [5.74, 6) is 0.850. The van der Waals surface area contributed by atoms with E-state index in [1.54, 1.807) is 5.57 Å². The summed E-state index contributed by atoms with van der Waals surface area (Å²) in [5, 5.41) is 10.6. The Labute approximate surface area is 159 Å². The van der Waals surface area contributed by atoms with E-state index in [2.05, 4.69) is 33.8 Å². The largest absolute Gasteiger partial charge is 0.393 e. The van der Waals surface area contributed by atoms with Crippen LogP contribution >= 0.6 is 0 Å². The number of aliphatic hydroxyl groups is 1. The van der Waals surface area contributed by atoms with E-state index in [1.165, 1.54) is 25.7 Å². The third-order valence-electron chi connectivity index (χ3n) is 8.71. The maximum Gasteiger partial charge on any atom is 0.163 e. The number of rotatable bonds is 1. The van der Waals surface area contributed by atoms with Gasteiger partial charge < -0.3 is 14.6 Å². The van der Waals surface area contributed by atoms with E-state index in [-0.39, 0.29) is 23.0 Å². The van der Waals surface area contributed by atoms with Gasteiger partial charge in [-0.05, 0) is 75.0 Å². The van der Waals surface area contributed by atoms with E-state index in [1.807, 2.05) is 13.8 Å². The fraction of sp³-hybridized carbons (Fsp3) is 0.913.